The van der Waals surface area contributed by atoms with Crippen molar-refractivity contribution in [3.63, 3.8) is 0 Å². The molecule has 0 atom stereocenters. The molecule has 1 amide bonds. The molecule has 8 heteroatoms. The smallest absolute Gasteiger partial charge is 0.216 e. The minimum atomic E-state index is -0.0501. The average Bonchev–Trinajstić information content (AvgIpc) is 3.29. The van der Waals surface area contributed by atoms with Crippen LogP contribution in [0.1, 0.15) is 29.5 Å². The zero-order valence-electron chi connectivity index (χ0n) is 19.3. The summed E-state index contributed by atoms with van der Waals surface area (Å²) >= 11 is 4.85. The SMILES string of the molecule is CC(=O)NCCCc1nnc(SCC(=O)c2ccc(-c3ccccc3)cc2)n1-c1ccc(Br)cc1. The normalized spacial score (nSPS) is 10.8. The number of hydrogen-bond donors (Lipinski definition) is 1. The van der Waals surface area contributed by atoms with Gasteiger partial charge in [-0.15, -0.1) is 10.2 Å². The van der Waals surface area contributed by atoms with E-state index in [0.29, 0.717) is 23.7 Å². The first-order valence-corrected chi connectivity index (χ1v) is 13.1. The van der Waals surface area contributed by atoms with Crippen molar-refractivity contribution in [2.75, 3.05) is 12.3 Å². The van der Waals surface area contributed by atoms with E-state index in [0.717, 1.165) is 33.5 Å². The van der Waals surface area contributed by atoms with Gasteiger partial charge in [-0.05, 0) is 41.8 Å². The number of halogens is 1. The molecule has 0 spiro atoms. The van der Waals surface area contributed by atoms with Gasteiger partial charge >= 0.3 is 0 Å². The number of amides is 1. The molecular weight excluding hydrogens is 524 g/mol. The Morgan fingerprint density at radius 1 is 0.914 bits per heavy atom. The Kier molecular flexibility index (Phi) is 8.50. The van der Waals surface area contributed by atoms with Crippen LogP contribution in [0.4, 0.5) is 0 Å². The van der Waals surface area contributed by atoms with Gasteiger partial charge in [0, 0.05) is 35.6 Å². The number of benzene rings is 3. The Labute approximate surface area is 217 Å². The van der Waals surface area contributed by atoms with E-state index in [1.54, 1.807) is 0 Å². The Morgan fingerprint density at radius 3 is 2.29 bits per heavy atom. The van der Waals surface area contributed by atoms with Gasteiger partial charge in [0.1, 0.15) is 5.82 Å². The Balaban J connectivity index is 1.47. The number of rotatable bonds is 10. The number of ketones is 1. The lowest BCUT2D eigenvalue weighted by atomic mass is 10.0. The Morgan fingerprint density at radius 2 is 1.60 bits per heavy atom. The predicted molar refractivity (Wildman–Crippen MR) is 143 cm³/mol. The van der Waals surface area contributed by atoms with E-state index in [2.05, 4.69) is 43.6 Å². The Bertz CT molecular complexity index is 1290. The predicted octanol–water partition coefficient (Wildman–Crippen LogP) is 5.74. The fourth-order valence-electron chi connectivity index (χ4n) is 3.61. The van der Waals surface area contributed by atoms with Crippen LogP contribution in [0.3, 0.4) is 0 Å². The second-order valence-electron chi connectivity index (χ2n) is 7.95. The van der Waals surface area contributed by atoms with Crippen molar-refractivity contribution in [2.45, 2.75) is 24.9 Å². The maximum Gasteiger partial charge on any atom is 0.216 e. The van der Waals surface area contributed by atoms with Gasteiger partial charge in [-0.2, -0.15) is 0 Å². The second kappa shape index (κ2) is 12.0. The number of nitrogens with zero attached hydrogens (tertiary/aromatic N) is 3. The number of carbonyl (C=O) groups is 2. The van der Waals surface area contributed by atoms with Crippen molar-refractivity contribution >= 4 is 39.4 Å². The zero-order chi connectivity index (χ0) is 24.6. The number of carbonyl (C=O) groups excluding carboxylic acids is 2. The lowest BCUT2D eigenvalue weighted by molar-refractivity contribution is -0.118. The monoisotopic (exact) mass is 548 g/mol. The summed E-state index contributed by atoms with van der Waals surface area (Å²) < 4.78 is 2.96. The molecule has 1 heterocycles. The van der Waals surface area contributed by atoms with E-state index >= 15 is 0 Å². The highest BCUT2D eigenvalue weighted by Gasteiger charge is 2.16. The maximum absolute atomic E-state index is 12.9. The molecule has 0 aliphatic heterocycles. The summed E-state index contributed by atoms with van der Waals surface area (Å²) in [6.45, 7) is 2.08. The minimum absolute atomic E-state index is 0.0344. The van der Waals surface area contributed by atoms with Crippen molar-refractivity contribution in [3.8, 4) is 16.8 Å². The number of aryl methyl sites for hydroxylation is 1. The average molecular weight is 549 g/mol. The van der Waals surface area contributed by atoms with Crippen LogP contribution in [0.5, 0.6) is 0 Å². The highest BCUT2D eigenvalue weighted by molar-refractivity contribution is 9.10. The highest BCUT2D eigenvalue weighted by atomic mass is 79.9. The van der Waals surface area contributed by atoms with Crippen LogP contribution in [0.15, 0.2) is 88.5 Å². The molecule has 0 saturated heterocycles. The number of Topliss-reactive ketones (excluding diaryl/α,β-unsaturated/α-hetero) is 1. The van der Waals surface area contributed by atoms with E-state index in [1.165, 1.54) is 18.7 Å². The molecule has 0 unspecified atom stereocenters. The van der Waals surface area contributed by atoms with Crippen LogP contribution in [0.2, 0.25) is 0 Å². The molecule has 0 aliphatic rings. The van der Waals surface area contributed by atoms with Gasteiger partial charge in [-0.25, -0.2) is 0 Å². The molecule has 0 aliphatic carbocycles. The van der Waals surface area contributed by atoms with Crippen LogP contribution in [-0.4, -0.2) is 38.8 Å². The van der Waals surface area contributed by atoms with Crippen LogP contribution >= 0.6 is 27.7 Å². The summed E-state index contributed by atoms with van der Waals surface area (Å²) in [5.41, 5.74) is 3.79. The Hall–Kier alpha value is -3.23. The van der Waals surface area contributed by atoms with Crippen molar-refractivity contribution < 1.29 is 9.59 Å². The van der Waals surface area contributed by atoms with Crippen molar-refractivity contribution in [1.29, 1.82) is 0 Å². The van der Waals surface area contributed by atoms with E-state index in [1.807, 2.05) is 71.3 Å². The lowest BCUT2D eigenvalue weighted by Gasteiger charge is -2.11. The van der Waals surface area contributed by atoms with Crippen LogP contribution < -0.4 is 5.32 Å². The first kappa shape index (κ1) is 24.9. The first-order valence-electron chi connectivity index (χ1n) is 11.3. The van der Waals surface area contributed by atoms with Gasteiger partial charge in [0.15, 0.2) is 10.9 Å². The molecule has 4 aromatic rings. The van der Waals surface area contributed by atoms with Crippen LogP contribution in [0, 0.1) is 0 Å². The summed E-state index contributed by atoms with van der Waals surface area (Å²) in [5.74, 6) is 1.03. The topological polar surface area (TPSA) is 76.9 Å². The molecule has 3 aromatic carbocycles. The molecule has 0 fully saturated rings. The summed E-state index contributed by atoms with van der Waals surface area (Å²) in [7, 11) is 0. The lowest BCUT2D eigenvalue weighted by Crippen LogP contribution is -2.21. The minimum Gasteiger partial charge on any atom is -0.356 e. The zero-order valence-corrected chi connectivity index (χ0v) is 21.7. The van der Waals surface area contributed by atoms with Gasteiger partial charge < -0.3 is 5.32 Å². The molecule has 178 valence electrons. The maximum atomic E-state index is 12.9. The number of nitrogens with one attached hydrogen (secondary N) is 1. The van der Waals surface area contributed by atoms with Gasteiger partial charge in [0.25, 0.3) is 0 Å². The highest BCUT2D eigenvalue weighted by Crippen LogP contribution is 2.25. The third kappa shape index (κ3) is 6.68. The van der Waals surface area contributed by atoms with E-state index in [-0.39, 0.29) is 17.4 Å². The van der Waals surface area contributed by atoms with Crippen molar-refractivity contribution in [2.24, 2.45) is 0 Å². The molecule has 1 N–H and O–H groups in total. The van der Waals surface area contributed by atoms with Gasteiger partial charge in [-0.3, -0.25) is 14.2 Å². The molecule has 0 radical (unpaired) electrons. The summed E-state index contributed by atoms with van der Waals surface area (Å²) in [6, 6.07) is 25.7. The van der Waals surface area contributed by atoms with Gasteiger partial charge in [0.05, 0.1) is 5.75 Å². The van der Waals surface area contributed by atoms with Gasteiger partial charge in [-0.1, -0.05) is 82.3 Å². The largest absolute Gasteiger partial charge is 0.356 e. The second-order valence-corrected chi connectivity index (χ2v) is 9.81. The third-order valence-corrected chi connectivity index (χ3v) is 6.84. The summed E-state index contributed by atoms with van der Waals surface area (Å²) in [6.07, 6.45) is 1.39. The third-order valence-electron chi connectivity index (χ3n) is 5.38. The van der Waals surface area contributed by atoms with Crippen molar-refractivity contribution in [1.82, 2.24) is 20.1 Å². The standard InChI is InChI=1S/C27H25BrN4O2S/c1-19(33)29-17-5-8-26-30-31-27(32(26)24-15-13-23(28)14-16-24)35-18-25(34)22-11-9-21(10-12-22)20-6-3-2-4-7-20/h2-4,6-7,9-16H,5,8,17-18H2,1H3,(H,29,33). The first-order chi connectivity index (χ1) is 17.0. The molecular formula is C27H25BrN4O2S. The molecule has 35 heavy (non-hydrogen) atoms. The fourth-order valence-corrected chi connectivity index (χ4v) is 4.74. The van der Waals surface area contributed by atoms with Crippen LogP contribution in [-0.2, 0) is 11.2 Å². The molecule has 0 saturated carbocycles. The van der Waals surface area contributed by atoms with E-state index < -0.39 is 0 Å². The number of thioether (sulfide) groups is 1. The van der Waals surface area contributed by atoms with E-state index in [9.17, 15) is 9.59 Å². The summed E-state index contributed by atoms with van der Waals surface area (Å²) in [5, 5.41) is 12.2. The fraction of sp³-hybridized carbons (Fsp3) is 0.185. The quantitative estimate of drug-likeness (QED) is 0.155. The molecule has 4 rings (SSSR count). The summed E-state index contributed by atoms with van der Waals surface area (Å²) in [4.78, 5) is 24.1. The van der Waals surface area contributed by atoms with E-state index in [4.69, 9.17) is 0 Å². The number of aromatic nitrogens is 3. The number of hydrogen-bond acceptors (Lipinski definition) is 5. The molecule has 6 nitrogen and oxygen atoms in total. The van der Waals surface area contributed by atoms with Crippen molar-refractivity contribution in [3.05, 3.63) is 94.7 Å². The molecule has 1 aromatic heterocycles. The van der Waals surface area contributed by atoms with Gasteiger partial charge in [0.2, 0.25) is 5.91 Å². The molecule has 0 bridgehead atoms. The van der Waals surface area contributed by atoms with Crippen LogP contribution in [0.25, 0.3) is 16.8 Å².